The number of anilines is 2. The van der Waals surface area contributed by atoms with Gasteiger partial charge in [-0.25, -0.2) is 4.68 Å². The van der Waals surface area contributed by atoms with Crippen molar-refractivity contribution in [3.63, 3.8) is 0 Å². The summed E-state index contributed by atoms with van der Waals surface area (Å²) < 4.78 is 2.01. The molecule has 0 fully saturated rings. The molecule has 3 aromatic carbocycles. The van der Waals surface area contributed by atoms with Crippen molar-refractivity contribution in [2.45, 2.75) is 13.8 Å². The molecule has 0 aliphatic carbocycles. The van der Waals surface area contributed by atoms with Crippen molar-refractivity contribution in [1.29, 1.82) is 0 Å². The van der Waals surface area contributed by atoms with Crippen molar-refractivity contribution < 1.29 is 0 Å². The molecular formula is C27H28N4. The van der Waals surface area contributed by atoms with Crippen LogP contribution in [0.15, 0.2) is 84.9 Å². The third-order valence-corrected chi connectivity index (χ3v) is 5.03. The molecule has 0 aliphatic heterocycles. The zero-order chi connectivity index (χ0) is 21.5. The van der Waals surface area contributed by atoms with Gasteiger partial charge in [-0.1, -0.05) is 48.5 Å². The first kappa shape index (κ1) is 20.5. The maximum atomic E-state index is 4.88. The summed E-state index contributed by atoms with van der Waals surface area (Å²) in [6.07, 6.45) is 4.17. The Bertz CT molecular complexity index is 1120. The van der Waals surface area contributed by atoms with Gasteiger partial charge in [0.15, 0.2) is 0 Å². The van der Waals surface area contributed by atoms with Gasteiger partial charge in [-0.15, -0.1) is 0 Å². The molecule has 4 heteroatoms. The van der Waals surface area contributed by atoms with Crippen LogP contribution in [0, 0.1) is 0 Å². The van der Waals surface area contributed by atoms with Gasteiger partial charge >= 0.3 is 0 Å². The number of para-hydroxylation sites is 1. The summed E-state index contributed by atoms with van der Waals surface area (Å²) in [5.41, 5.74) is 7.57. The van der Waals surface area contributed by atoms with E-state index in [9.17, 15) is 0 Å². The smallest absolute Gasteiger partial charge is 0.0862 e. The first-order chi connectivity index (χ1) is 15.3. The summed E-state index contributed by atoms with van der Waals surface area (Å²) in [6, 6.07) is 29.3. The molecule has 156 valence electrons. The van der Waals surface area contributed by atoms with Crippen LogP contribution < -0.4 is 10.6 Å². The normalized spacial score (nSPS) is 11.0. The minimum atomic E-state index is 0.908. The Hall–Kier alpha value is -3.79. The first-order valence-corrected chi connectivity index (χ1v) is 10.8. The lowest BCUT2D eigenvalue weighted by atomic mass is 10.1. The van der Waals surface area contributed by atoms with E-state index < -0.39 is 0 Å². The molecule has 31 heavy (non-hydrogen) atoms. The number of nitrogens with one attached hydrogen (secondary N) is 2. The zero-order valence-corrected chi connectivity index (χ0v) is 18.0. The van der Waals surface area contributed by atoms with Crippen molar-refractivity contribution in [1.82, 2.24) is 9.78 Å². The van der Waals surface area contributed by atoms with Crippen LogP contribution in [0.4, 0.5) is 11.4 Å². The second-order valence-corrected chi connectivity index (χ2v) is 7.30. The van der Waals surface area contributed by atoms with Gasteiger partial charge in [-0.3, -0.25) is 0 Å². The van der Waals surface area contributed by atoms with E-state index in [0.29, 0.717) is 0 Å². The molecule has 0 saturated heterocycles. The summed E-state index contributed by atoms with van der Waals surface area (Å²) in [5.74, 6) is 0. The molecule has 0 atom stereocenters. The van der Waals surface area contributed by atoms with Gasteiger partial charge in [0, 0.05) is 30.0 Å². The summed E-state index contributed by atoms with van der Waals surface area (Å²) >= 11 is 0. The molecule has 0 radical (unpaired) electrons. The number of nitrogens with zero attached hydrogens (tertiary/aromatic N) is 2. The van der Waals surface area contributed by atoms with E-state index in [4.69, 9.17) is 5.10 Å². The summed E-state index contributed by atoms with van der Waals surface area (Å²) in [4.78, 5) is 0. The molecule has 4 nitrogen and oxygen atoms in total. The van der Waals surface area contributed by atoms with Crippen molar-refractivity contribution in [3.05, 3.63) is 96.2 Å². The van der Waals surface area contributed by atoms with E-state index in [1.165, 1.54) is 0 Å². The quantitative estimate of drug-likeness (QED) is 0.346. The Morgan fingerprint density at radius 3 is 1.97 bits per heavy atom. The topological polar surface area (TPSA) is 41.9 Å². The van der Waals surface area contributed by atoms with Crippen LogP contribution in [-0.2, 0) is 0 Å². The molecule has 0 spiro atoms. The summed E-state index contributed by atoms with van der Waals surface area (Å²) in [6.45, 7) is 6.03. The van der Waals surface area contributed by atoms with Crippen LogP contribution in [0.3, 0.4) is 0 Å². The lowest BCUT2D eigenvalue weighted by Gasteiger charge is -2.09. The Kier molecular flexibility index (Phi) is 6.48. The highest BCUT2D eigenvalue weighted by Gasteiger charge is 2.10. The third-order valence-electron chi connectivity index (χ3n) is 5.03. The molecule has 0 unspecified atom stereocenters. The highest BCUT2D eigenvalue weighted by molar-refractivity contribution is 5.73. The van der Waals surface area contributed by atoms with Crippen molar-refractivity contribution in [3.8, 4) is 16.9 Å². The molecule has 0 aliphatic rings. The number of hydrogen-bond donors (Lipinski definition) is 2. The number of rotatable bonds is 8. The molecule has 2 N–H and O–H groups in total. The second kappa shape index (κ2) is 9.81. The Balaban J connectivity index is 1.66. The highest BCUT2D eigenvalue weighted by atomic mass is 15.3. The van der Waals surface area contributed by atoms with E-state index in [1.54, 1.807) is 0 Å². The van der Waals surface area contributed by atoms with Crippen LogP contribution >= 0.6 is 0 Å². The Labute approximate surface area is 184 Å². The van der Waals surface area contributed by atoms with Gasteiger partial charge in [-0.2, -0.15) is 5.10 Å². The Morgan fingerprint density at radius 2 is 1.35 bits per heavy atom. The van der Waals surface area contributed by atoms with E-state index in [-0.39, 0.29) is 0 Å². The fourth-order valence-electron chi connectivity index (χ4n) is 3.51. The molecule has 4 aromatic rings. The second-order valence-electron chi connectivity index (χ2n) is 7.30. The minimum absolute atomic E-state index is 0.908. The van der Waals surface area contributed by atoms with Crippen LogP contribution in [0.5, 0.6) is 0 Å². The van der Waals surface area contributed by atoms with Crippen LogP contribution in [0.1, 0.15) is 25.1 Å². The number of benzene rings is 3. The standard InChI is InChI=1S/C27H28N4/c1-3-28-23-15-10-21(11-16-23)12-17-25-20-27(22-13-18-24(19-14-22)29-4-2)31(30-25)26-8-6-5-7-9-26/h5-20,28-29H,3-4H2,1-2H3. The van der Waals surface area contributed by atoms with Gasteiger partial charge < -0.3 is 10.6 Å². The van der Waals surface area contributed by atoms with Gasteiger partial charge in [0.2, 0.25) is 0 Å². The lowest BCUT2D eigenvalue weighted by molar-refractivity contribution is 0.883. The average molecular weight is 409 g/mol. The van der Waals surface area contributed by atoms with Crippen molar-refractivity contribution >= 4 is 23.5 Å². The van der Waals surface area contributed by atoms with Crippen LogP contribution in [0.2, 0.25) is 0 Å². The van der Waals surface area contributed by atoms with E-state index >= 15 is 0 Å². The maximum absolute atomic E-state index is 4.88. The fourth-order valence-corrected chi connectivity index (χ4v) is 3.51. The molecular weight excluding hydrogens is 380 g/mol. The fraction of sp³-hybridized carbons (Fsp3) is 0.148. The van der Waals surface area contributed by atoms with Crippen LogP contribution in [0.25, 0.3) is 29.1 Å². The molecule has 1 aromatic heterocycles. The lowest BCUT2D eigenvalue weighted by Crippen LogP contribution is -1.99. The molecule has 0 saturated carbocycles. The Morgan fingerprint density at radius 1 is 0.742 bits per heavy atom. The monoisotopic (exact) mass is 408 g/mol. The predicted octanol–water partition coefficient (Wildman–Crippen LogP) is 6.57. The maximum Gasteiger partial charge on any atom is 0.0862 e. The van der Waals surface area contributed by atoms with Crippen molar-refractivity contribution in [2.75, 3.05) is 23.7 Å². The predicted molar refractivity (Wildman–Crippen MR) is 133 cm³/mol. The van der Waals surface area contributed by atoms with E-state index in [1.807, 2.05) is 22.9 Å². The van der Waals surface area contributed by atoms with Gasteiger partial charge in [0.25, 0.3) is 0 Å². The van der Waals surface area contributed by atoms with Crippen molar-refractivity contribution in [2.24, 2.45) is 0 Å². The zero-order valence-electron chi connectivity index (χ0n) is 18.0. The summed E-state index contributed by atoms with van der Waals surface area (Å²) in [5, 5.41) is 11.6. The largest absolute Gasteiger partial charge is 0.385 e. The van der Waals surface area contributed by atoms with E-state index in [0.717, 1.165) is 52.7 Å². The highest BCUT2D eigenvalue weighted by Crippen LogP contribution is 2.26. The number of aromatic nitrogens is 2. The number of hydrogen-bond acceptors (Lipinski definition) is 3. The molecule has 1 heterocycles. The van der Waals surface area contributed by atoms with Gasteiger partial charge in [0.1, 0.15) is 0 Å². The molecule has 0 amide bonds. The van der Waals surface area contributed by atoms with E-state index in [2.05, 4.69) is 103 Å². The molecule has 4 rings (SSSR count). The van der Waals surface area contributed by atoms with Crippen LogP contribution in [-0.4, -0.2) is 22.9 Å². The SMILES string of the molecule is CCNc1ccc(C=Cc2cc(-c3ccc(NCC)cc3)n(-c3ccccc3)n2)cc1. The minimum Gasteiger partial charge on any atom is -0.385 e. The summed E-state index contributed by atoms with van der Waals surface area (Å²) in [7, 11) is 0. The molecule has 0 bridgehead atoms. The third kappa shape index (κ3) is 5.04. The van der Waals surface area contributed by atoms with Gasteiger partial charge in [-0.05, 0) is 68.0 Å². The first-order valence-electron chi connectivity index (χ1n) is 10.8. The average Bonchev–Trinajstić information content (AvgIpc) is 3.24. The van der Waals surface area contributed by atoms with Gasteiger partial charge in [0.05, 0.1) is 17.1 Å².